The van der Waals surface area contributed by atoms with Gasteiger partial charge in [-0.3, -0.25) is 24.7 Å². The van der Waals surface area contributed by atoms with E-state index in [9.17, 15) is 14.9 Å². The maximum absolute atomic E-state index is 12.3. The lowest BCUT2D eigenvalue weighted by atomic mass is 10.1. The zero-order chi connectivity index (χ0) is 14.8. The smallest absolute Gasteiger partial charge is 0.269 e. The number of Topliss-reactive ketones (excluding diaryl/α,β-unsaturated/α-hetero) is 1. The molecule has 2 saturated heterocycles. The van der Waals surface area contributed by atoms with E-state index in [1.807, 2.05) is 0 Å². The summed E-state index contributed by atoms with van der Waals surface area (Å²) in [7, 11) is 0. The predicted octanol–water partition coefficient (Wildman–Crippen LogP) is 1.56. The van der Waals surface area contributed by atoms with Crippen molar-refractivity contribution in [1.82, 2.24) is 9.80 Å². The van der Waals surface area contributed by atoms with E-state index in [1.165, 1.54) is 31.5 Å². The minimum absolute atomic E-state index is 0.0196. The van der Waals surface area contributed by atoms with E-state index in [1.54, 1.807) is 12.1 Å². The Morgan fingerprint density at radius 3 is 2.71 bits per heavy atom. The number of hydrogen-bond donors (Lipinski definition) is 0. The minimum atomic E-state index is -0.451. The van der Waals surface area contributed by atoms with Gasteiger partial charge in [0.15, 0.2) is 5.78 Å². The van der Waals surface area contributed by atoms with Gasteiger partial charge in [0.1, 0.15) is 0 Å². The van der Waals surface area contributed by atoms with Crippen LogP contribution in [-0.4, -0.2) is 59.3 Å². The molecule has 2 aliphatic rings. The Balaban J connectivity index is 1.59. The number of nitro groups is 1. The maximum atomic E-state index is 12.3. The zero-order valence-electron chi connectivity index (χ0n) is 11.9. The summed E-state index contributed by atoms with van der Waals surface area (Å²) in [5, 5.41) is 10.6. The van der Waals surface area contributed by atoms with Crippen LogP contribution in [-0.2, 0) is 0 Å². The summed E-state index contributed by atoms with van der Waals surface area (Å²) in [5.41, 5.74) is 0.570. The molecule has 1 aromatic carbocycles. The lowest BCUT2D eigenvalue weighted by Crippen LogP contribution is -2.51. The third kappa shape index (κ3) is 3.11. The van der Waals surface area contributed by atoms with Crippen molar-refractivity contribution in [2.45, 2.75) is 18.9 Å². The molecule has 2 aliphatic heterocycles. The fourth-order valence-corrected chi connectivity index (χ4v) is 3.26. The van der Waals surface area contributed by atoms with Gasteiger partial charge in [-0.15, -0.1) is 0 Å². The molecule has 1 atom stereocenters. The third-order valence-corrected chi connectivity index (χ3v) is 4.44. The van der Waals surface area contributed by atoms with Gasteiger partial charge in [-0.25, -0.2) is 0 Å². The van der Waals surface area contributed by atoms with E-state index < -0.39 is 4.92 Å². The molecule has 0 saturated carbocycles. The zero-order valence-corrected chi connectivity index (χ0v) is 11.9. The summed E-state index contributed by atoms with van der Waals surface area (Å²) in [4.78, 5) is 27.1. The van der Waals surface area contributed by atoms with E-state index in [4.69, 9.17) is 0 Å². The van der Waals surface area contributed by atoms with Gasteiger partial charge in [0, 0.05) is 43.4 Å². The van der Waals surface area contributed by atoms with Gasteiger partial charge in [-0.2, -0.15) is 0 Å². The Bertz CT molecular complexity index is 544. The SMILES string of the molecule is O=C(CN1CCN2CCCC2C1)c1ccc([N+](=O)[O-])cc1. The summed E-state index contributed by atoms with van der Waals surface area (Å²) in [6.07, 6.45) is 2.48. The van der Waals surface area contributed by atoms with E-state index in [0.29, 0.717) is 18.2 Å². The second-order valence-corrected chi connectivity index (χ2v) is 5.79. The number of carbonyl (C=O) groups is 1. The number of benzene rings is 1. The van der Waals surface area contributed by atoms with Crippen molar-refractivity contribution < 1.29 is 9.72 Å². The Morgan fingerprint density at radius 1 is 1.24 bits per heavy atom. The van der Waals surface area contributed by atoms with E-state index in [2.05, 4.69) is 9.80 Å². The Morgan fingerprint density at radius 2 is 2.00 bits per heavy atom. The average Bonchev–Trinajstić information content (AvgIpc) is 2.95. The van der Waals surface area contributed by atoms with E-state index in [-0.39, 0.29) is 11.5 Å². The molecule has 0 N–H and O–H groups in total. The molecule has 3 rings (SSSR count). The number of rotatable bonds is 4. The summed E-state index contributed by atoms with van der Waals surface area (Å²) >= 11 is 0. The first-order chi connectivity index (χ1) is 10.1. The van der Waals surface area contributed by atoms with Crippen LogP contribution in [0.3, 0.4) is 0 Å². The van der Waals surface area contributed by atoms with Crippen LogP contribution in [0.2, 0.25) is 0 Å². The van der Waals surface area contributed by atoms with Crippen LogP contribution in [0.1, 0.15) is 23.2 Å². The molecule has 0 aromatic heterocycles. The fraction of sp³-hybridized carbons (Fsp3) is 0.533. The number of hydrogen-bond acceptors (Lipinski definition) is 5. The van der Waals surface area contributed by atoms with Crippen molar-refractivity contribution in [3.05, 3.63) is 39.9 Å². The van der Waals surface area contributed by atoms with Crippen molar-refractivity contribution >= 4 is 11.5 Å². The van der Waals surface area contributed by atoms with Crippen LogP contribution in [0.4, 0.5) is 5.69 Å². The van der Waals surface area contributed by atoms with Crippen molar-refractivity contribution in [3.8, 4) is 0 Å². The summed E-state index contributed by atoms with van der Waals surface area (Å²) < 4.78 is 0. The summed E-state index contributed by atoms with van der Waals surface area (Å²) in [6.45, 7) is 4.52. The highest BCUT2D eigenvalue weighted by Gasteiger charge is 2.31. The van der Waals surface area contributed by atoms with Crippen LogP contribution in [0.15, 0.2) is 24.3 Å². The number of carbonyl (C=O) groups excluding carboxylic acids is 1. The fourth-order valence-electron chi connectivity index (χ4n) is 3.26. The van der Waals surface area contributed by atoms with Crippen LogP contribution in [0.25, 0.3) is 0 Å². The van der Waals surface area contributed by atoms with Crippen LogP contribution >= 0.6 is 0 Å². The second-order valence-electron chi connectivity index (χ2n) is 5.79. The normalized spacial score (nSPS) is 23.0. The highest BCUT2D eigenvalue weighted by molar-refractivity contribution is 5.97. The molecule has 0 radical (unpaired) electrons. The van der Waals surface area contributed by atoms with Crippen molar-refractivity contribution in [2.75, 3.05) is 32.7 Å². The first-order valence-corrected chi connectivity index (χ1v) is 7.37. The average molecular weight is 289 g/mol. The number of piperazine rings is 1. The van der Waals surface area contributed by atoms with Gasteiger partial charge in [-0.1, -0.05) is 0 Å². The van der Waals surface area contributed by atoms with Gasteiger partial charge in [0.05, 0.1) is 11.5 Å². The number of nitro benzene ring substituents is 1. The van der Waals surface area contributed by atoms with Crippen LogP contribution < -0.4 is 0 Å². The molecular weight excluding hydrogens is 270 g/mol. The predicted molar refractivity (Wildman–Crippen MR) is 78.5 cm³/mol. The number of nitrogens with zero attached hydrogens (tertiary/aromatic N) is 3. The van der Waals surface area contributed by atoms with Crippen LogP contribution in [0.5, 0.6) is 0 Å². The molecule has 0 bridgehead atoms. The van der Waals surface area contributed by atoms with Gasteiger partial charge in [0.25, 0.3) is 5.69 Å². The van der Waals surface area contributed by atoms with Gasteiger partial charge in [-0.05, 0) is 31.5 Å². The number of fused-ring (bicyclic) bond motifs is 1. The first kappa shape index (κ1) is 14.2. The number of non-ortho nitro benzene ring substituents is 1. The molecule has 1 unspecified atom stereocenters. The molecule has 0 amide bonds. The third-order valence-electron chi connectivity index (χ3n) is 4.44. The summed E-state index contributed by atoms with van der Waals surface area (Å²) in [6, 6.07) is 6.48. The van der Waals surface area contributed by atoms with Gasteiger partial charge in [0.2, 0.25) is 0 Å². The molecule has 21 heavy (non-hydrogen) atoms. The Labute approximate surface area is 123 Å². The molecule has 1 aromatic rings. The van der Waals surface area contributed by atoms with Crippen molar-refractivity contribution in [1.29, 1.82) is 0 Å². The minimum Gasteiger partial charge on any atom is -0.298 e. The molecule has 2 heterocycles. The molecule has 6 nitrogen and oxygen atoms in total. The van der Waals surface area contributed by atoms with Crippen LogP contribution in [0, 0.1) is 10.1 Å². The molecule has 2 fully saturated rings. The maximum Gasteiger partial charge on any atom is 0.269 e. The Kier molecular flexibility index (Phi) is 3.98. The lowest BCUT2D eigenvalue weighted by Gasteiger charge is -2.37. The van der Waals surface area contributed by atoms with E-state index >= 15 is 0 Å². The van der Waals surface area contributed by atoms with Gasteiger partial charge < -0.3 is 0 Å². The largest absolute Gasteiger partial charge is 0.298 e. The topological polar surface area (TPSA) is 66.7 Å². The summed E-state index contributed by atoms with van der Waals surface area (Å²) in [5.74, 6) is 0.0383. The Hall–Kier alpha value is -1.79. The van der Waals surface area contributed by atoms with Gasteiger partial charge >= 0.3 is 0 Å². The lowest BCUT2D eigenvalue weighted by molar-refractivity contribution is -0.384. The highest BCUT2D eigenvalue weighted by Crippen LogP contribution is 2.21. The molecule has 0 aliphatic carbocycles. The van der Waals surface area contributed by atoms with Crippen molar-refractivity contribution in [3.63, 3.8) is 0 Å². The molecule has 112 valence electrons. The number of ketones is 1. The highest BCUT2D eigenvalue weighted by atomic mass is 16.6. The van der Waals surface area contributed by atoms with E-state index in [0.717, 1.165) is 19.6 Å². The molecule has 6 heteroatoms. The molecule has 0 spiro atoms. The first-order valence-electron chi connectivity index (χ1n) is 7.37. The molecular formula is C15H19N3O3. The monoisotopic (exact) mass is 289 g/mol. The van der Waals surface area contributed by atoms with Crippen molar-refractivity contribution in [2.24, 2.45) is 0 Å². The quantitative estimate of drug-likeness (QED) is 0.478. The second kappa shape index (κ2) is 5.91. The standard InChI is InChI=1S/C15H19N3O3/c19-15(12-3-5-13(6-4-12)18(20)21)11-16-8-9-17-7-1-2-14(17)10-16/h3-6,14H,1-2,7-11H2.